The molecule has 2 N–H and O–H groups in total. The molecule has 4 heterocycles. The number of rotatable bonds is 6. The van der Waals surface area contributed by atoms with E-state index in [1.54, 1.807) is 0 Å². The molecule has 1 atom stereocenters. The molecule has 5 rings (SSSR count). The molecule has 7 nitrogen and oxygen atoms in total. The zero-order chi connectivity index (χ0) is 23.8. The number of fused-ring (bicyclic) bond motifs is 1. The number of benzene rings is 1. The fourth-order valence-corrected chi connectivity index (χ4v) is 5.46. The van der Waals surface area contributed by atoms with Gasteiger partial charge < -0.3 is 20.3 Å². The number of nitrogens with zero attached hydrogens (tertiary/aromatic N) is 4. The third-order valence-electron chi connectivity index (χ3n) is 6.18. The third kappa shape index (κ3) is 4.36. The Morgan fingerprint density at radius 3 is 2.68 bits per heavy atom. The summed E-state index contributed by atoms with van der Waals surface area (Å²) in [5.74, 6) is -0.0744. The largest absolute Gasteiger partial charge is 0.484 e. The van der Waals surface area contributed by atoms with E-state index >= 15 is 0 Å². The summed E-state index contributed by atoms with van der Waals surface area (Å²) in [6.45, 7) is 5.93. The van der Waals surface area contributed by atoms with E-state index in [2.05, 4.69) is 38.5 Å². The zero-order valence-electron chi connectivity index (χ0n) is 19.1. The van der Waals surface area contributed by atoms with E-state index in [-0.39, 0.29) is 6.10 Å². The molecule has 1 saturated heterocycles. The molecule has 0 aliphatic carbocycles. The maximum Gasteiger partial charge on any atom is 0.262 e. The fraction of sp³-hybridized carbons (Fsp3) is 0.280. The Kier molecular flexibility index (Phi) is 6.20. The summed E-state index contributed by atoms with van der Waals surface area (Å²) in [7, 11) is 2.15. The second-order valence-electron chi connectivity index (χ2n) is 8.50. The van der Waals surface area contributed by atoms with Gasteiger partial charge in [-0.05, 0) is 32.2 Å². The number of pyridine rings is 1. The van der Waals surface area contributed by atoms with E-state index in [0.29, 0.717) is 15.6 Å². The van der Waals surface area contributed by atoms with Crippen LogP contribution in [0.15, 0.2) is 54.9 Å². The average Bonchev–Trinajstić information content (AvgIpc) is 3.43. The first-order valence-electron chi connectivity index (χ1n) is 11.2. The van der Waals surface area contributed by atoms with Gasteiger partial charge in [-0.25, -0.2) is 4.98 Å². The Morgan fingerprint density at radius 2 is 1.94 bits per heavy atom. The molecule has 0 unspecified atom stereocenters. The van der Waals surface area contributed by atoms with Crippen LogP contribution in [0.3, 0.4) is 0 Å². The summed E-state index contributed by atoms with van der Waals surface area (Å²) in [4.78, 5) is 22.7. The molecule has 34 heavy (non-hydrogen) atoms. The van der Waals surface area contributed by atoms with E-state index in [1.807, 2.05) is 49.5 Å². The van der Waals surface area contributed by atoms with Crippen LogP contribution in [0.5, 0.6) is 5.75 Å². The Hall–Kier alpha value is -3.07. The predicted molar refractivity (Wildman–Crippen MR) is 137 cm³/mol. The molecule has 4 aromatic rings. The molecule has 1 aliphatic heterocycles. The quantitative estimate of drug-likeness (QED) is 0.419. The van der Waals surface area contributed by atoms with Crippen LogP contribution < -0.4 is 15.4 Å². The zero-order valence-corrected chi connectivity index (χ0v) is 20.6. The number of halogens is 1. The molecule has 1 aromatic carbocycles. The average molecular weight is 496 g/mol. The van der Waals surface area contributed by atoms with Crippen LogP contribution in [0.1, 0.15) is 28.3 Å². The van der Waals surface area contributed by atoms with Gasteiger partial charge in [-0.15, -0.1) is 11.3 Å². The molecule has 0 saturated carbocycles. The maximum atomic E-state index is 12.2. The lowest BCUT2D eigenvalue weighted by molar-refractivity contribution is 0.0998. The topological polar surface area (TPSA) is 76.1 Å². The number of imidazole rings is 1. The van der Waals surface area contributed by atoms with Crippen molar-refractivity contribution >= 4 is 40.2 Å². The maximum absolute atomic E-state index is 12.2. The summed E-state index contributed by atoms with van der Waals surface area (Å²) >= 11 is 7.65. The lowest BCUT2D eigenvalue weighted by atomic mass is 10.1. The minimum absolute atomic E-state index is 0.347. The SMILES string of the molecule is C[C@@H](Oc1cc(-c2cnc3ccc(N4CCN(C)CC4)cn23)sc1C(N)=O)c1ccccc1Cl. The van der Waals surface area contributed by atoms with Crippen LogP contribution in [0.25, 0.3) is 16.2 Å². The minimum atomic E-state index is -0.524. The predicted octanol–water partition coefficient (Wildman–Crippen LogP) is 4.71. The summed E-state index contributed by atoms with van der Waals surface area (Å²) in [5, 5.41) is 0.615. The number of ether oxygens (including phenoxy) is 1. The van der Waals surface area contributed by atoms with Crippen molar-refractivity contribution < 1.29 is 9.53 Å². The van der Waals surface area contributed by atoms with Crippen LogP contribution >= 0.6 is 22.9 Å². The van der Waals surface area contributed by atoms with Crippen LogP contribution in [0.4, 0.5) is 5.69 Å². The smallest absolute Gasteiger partial charge is 0.262 e. The van der Waals surface area contributed by atoms with Crippen molar-refractivity contribution in [2.45, 2.75) is 13.0 Å². The van der Waals surface area contributed by atoms with Crippen LogP contribution in [-0.2, 0) is 0 Å². The van der Waals surface area contributed by atoms with E-state index in [9.17, 15) is 4.79 Å². The van der Waals surface area contributed by atoms with Gasteiger partial charge >= 0.3 is 0 Å². The van der Waals surface area contributed by atoms with Gasteiger partial charge in [0.1, 0.15) is 22.4 Å². The van der Waals surface area contributed by atoms with E-state index in [0.717, 1.165) is 53.6 Å². The molecular weight excluding hydrogens is 470 g/mol. The molecule has 176 valence electrons. The monoisotopic (exact) mass is 495 g/mol. The number of likely N-dealkylation sites (N-methyl/N-ethyl adjacent to an activating group) is 1. The van der Waals surface area contributed by atoms with Crippen molar-refractivity contribution in [3.63, 3.8) is 0 Å². The Bertz CT molecular complexity index is 1340. The van der Waals surface area contributed by atoms with E-state index in [1.165, 1.54) is 11.3 Å². The van der Waals surface area contributed by atoms with Crippen LogP contribution in [-0.4, -0.2) is 53.4 Å². The van der Waals surface area contributed by atoms with Gasteiger partial charge in [0.05, 0.1) is 22.5 Å². The minimum Gasteiger partial charge on any atom is -0.484 e. The molecule has 3 aromatic heterocycles. The van der Waals surface area contributed by atoms with Crippen molar-refractivity contribution in [2.24, 2.45) is 5.73 Å². The number of carbonyl (C=O) groups is 1. The standard InChI is InChI=1S/C25H26ClN5O2S/c1-16(18-5-3-4-6-19(18)26)33-21-13-22(34-24(21)25(27)32)20-14-28-23-8-7-17(15-31(20)23)30-11-9-29(2)10-12-30/h3-8,13-16H,9-12H2,1-2H3,(H2,27,32)/t16-/m1/s1. The number of hydrogen-bond donors (Lipinski definition) is 1. The lowest BCUT2D eigenvalue weighted by Crippen LogP contribution is -2.44. The van der Waals surface area contributed by atoms with Crippen molar-refractivity contribution in [1.29, 1.82) is 0 Å². The van der Waals surface area contributed by atoms with Crippen molar-refractivity contribution in [2.75, 3.05) is 38.1 Å². The van der Waals surface area contributed by atoms with E-state index in [4.69, 9.17) is 22.1 Å². The first kappa shape index (κ1) is 22.7. The van der Waals surface area contributed by atoms with Gasteiger partial charge in [0.25, 0.3) is 5.91 Å². The highest BCUT2D eigenvalue weighted by molar-refractivity contribution is 7.17. The van der Waals surface area contributed by atoms with Gasteiger partial charge in [-0.1, -0.05) is 29.8 Å². The number of anilines is 1. The highest BCUT2D eigenvalue weighted by Crippen LogP contribution is 2.39. The number of hydrogen-bond acceptors (Lipinski definition) is 6. The van der Waals surface area contributed by atoms with Gasteiger partial charge in [0.2, 0.25) is 0 Å². The van der Waals surface area contributed by atoms with Gasteiger partial charge in [-0.2, -0.15) is 0 Å². The number of amides is 1. The highest BCUT2D eigenvalue weighted by atomic mass is 35.5. The molecule has 0 bridgehead atoms. The summed E-state index contributed by atoms with van der Waals surface area (Å²) < 4.78 is 8.24. The summed E-state index contributed by atoms with van der Waals surface area (Å²) in [5.41, 5.74) is 9.43. The molecule has 1 fully saturated rings. The Labute approximate surface area is 207 Å². The summed E-state index contributed by atoms with van der Waals surface area (Å²) in [6.07, 6.45) is 3.58. The molecule has 9 heteroatoms. The molecule has 1 amide bonds. The van der Waals surface area contributed by atoms with Gasteiger partial charge in [0.15, 0.2) is 0 Å². The highest BCUT2D eigenvalue weighted by Gasteiger charge is 2.22. The Balaban J connectivity index is 1.49. The first-order chi connectivity index (χ1) is 16.4. The van der Waals surface area contributed by atoms with Gasteiger partial charge in [-0.3, -0.25) is 9.20 Å². The second-order valence-corrected chi connectivity index (χ2v) is 9.96. The van der Waals surface area contributed by atoms with Crippen LogP contribution in [0.2, 0.25) is 5.02 Å². The van der Waals surface area contributed by atoms with Crippen LogP contribution in [0, 0.1) is 0 Å². The number of aromatic nitrogens is 2. The number of thiophene rings is 1. The van der Waals surface area contributed by atoms with Crippen molar-refractivity contribution in [3.05, 3.63) is 70.3 Å². The number of piperazine rings is 1. The van der Waals surface area contributed by atoms with Crippen molar-refractivity contribution in [1.82, 2.24) is 14.3 Å². The number of carbonyl (C=O) groups excluding carboxylic acids is 1. The first-order valence-corrected chi connectivity index (χ1v) is 12.4. The van der Waals surface area contributed by atoms with Gasteiger partial charge in [0, 0.05) is 49.0 Å². The van der Waals surface area contributed by atoms with Crippen molar-refractivity contribution in [3.8, 4) is 16.3 Å². The normalized spacial score (nSPS) is 15.6. The Morgan fingerprint density at radius 1 is 1.18 bits per heavy atom. The fourth-order valence-electron chi connectivity index (χ4n) is 4.22. The molecule has 0 radical (unpaired) electrons. The second kappa shape index (κ2) is 9.29. The summed E-state index contributed by atoms with van der Waals surface area (Å²) in [6, 6.07) is 13.5. The lowest BCUT2D eigenvalue weighted by Gasteiger charge is -2.34. The molecular formula is C25H26ClN5O2S. The number of primary amides is 1. The van der Waals surface area contributed by atoms with E-state index < -0.39 is 5.91 Å². The number of nitrogens with two attached hydrogens (primary N) is 1. The molecule has 1 aliphatic rings. The third-order valence-corrected chi connectivity index (χ3v) is 7.68. The molecule has 0 spiro atoms.